The fourth-order valence-electron chi connectivity index (χ4n) is 1.73. The van der Waals surface area contributed by atoms with Gasteiger partial charge in [0.05, 0.1) is 38.8 Å². The summed E-state index contributed by atoms with van der Waals surface area (Å²) in [5.74, 6) is 0.212. The zero-order chi connectivity index (χ0) is 12.3. The summed E-state index contributed by atoms with van der Waals surface area (Å²) in [5, 5.41) is 0. The number of hydrogen-bond acceptors (Lipinski definition) is 5. The molecule has 6 heteroatoms. The summed E-state index contributed by atoms with van der Waals surface area (Å²) in [6.07, 6.45) is 2.92. The first kappa shape index (κ1) is 11.8. The fraction of sp³-hybridized carbons (Fsp3) is 0.545. The van der Waals surface area contributed by atoms with E-state index >= 15 is 0 Å². The molecule has 1 aromatic heterocycles. The minimum atomic E-state index is -0.132. The normalized spacial score (nSPS) is 20.1. The van der Waals surface area contributed by atoms with E-state index in [1.54, 1.807) is 4.90 Å². The second-order valence-electron chi connectivity index (χ2n) is 3.87. The lowest BCUT2D eigenvalue weighted by molar-refractivity contribution is 0.00320. The van der Waals surface area contributed by atoms with Gasteiger partial charge in [0.2, 0.25) is 5.88 Å². The van der Waals surface area contributed by atoms with Gasteiger partial charge < -0.3 is 14.4 Å². The van der Waals surface area contributed by atoms with Crippen LogP contribution in [-0.2, 0) is 4.74 Å². The predicted molar refractivity (Wildman–Crippen MR) is 59.9 cm³/mol. The number of nitrogens with zero attached hydrogens (tertiary/aromatic N) is 3. The van der Waals surface area contributed by atoms with E-state index in [2.05, 4.69) is 9.97 Å². The van der Waals surface area contributed by atoms with E-state index in [0.717, 1.165) is 0 Å². The number of carbonyl (C=O) groups excluding carboxylic acids is 1. The van der Waals surface area contributed by atoms with E-state index in [1.807, 2.05) is 6.92 Å². The Kier molecular flexibility index (Phi) is 3.53. The van der Waals surface area contributed by atoms with Crippen molar-refractivity contribution in [1.82, 2.24) is 14.9 Å². The highest BCUT2D eigenvalue weighted by Crippen LogP contribution is 2.12. The molecule has 1 saturated heterocycles. The zero-order valence-corrected chi connectivity index (χ0v) is 9.92. The molecule has 17 heavy (non-hydrogen) atoms. The van der Waals surface area contributed by atoms with Crippen LogP contribution in [0.1, 0.15) is 17.4 Å². The van der Waals surface area contributed by atoms with Crippen molar-refractivity contribution in [3.63, 3.8) is 0 Å². The zero-order valence-electron chi connectivity index (χ0n) is 9.92. The van der Waals surface area contributed by atoms with Crippen molar-refractivity contribution in [2.75, 3.05) is 26.9 Å². The SMILES string of the molecule is COc1cncc(C(=O)N2CCOC[C@H]2C)n1. The Morgan fingerprint density at radius 1 is 1.59 bits per heavy atom. The lowest BCUT2D eigenvalue weighted by atomic mass is 10.2. The molecule has 0 bridgehead atoms. The van der Waals surface area contributed by atoms with E-state index in [-0.39, 0.29) is 11.9 Å². The van der Waals surface area contributed by atoms with Crippen molar-refractivity contribution in [3.8, 4) is 5.88 Å². The van der Waals surface area contributed by atoms with Gasteiger partial charge >= 0.3 is 0 Å². The second kappa shape index (κ2) is 5.09. The number of morpholine rings is 1. The molecule has 0 N–H and O–H groups in total. The van der Waals surface area contributed by atoms with Gasteiger partial charge in [-0.15, -0.1) is 0 Å². The summed E-state index contributed by atoms with van der Waals surface area (Å²) in [7, 11) is 1.50. The van der Waals surface area contributed by atoms with Crippen LogP contribution in [0.5, 0.6) is 5.88 Å². The Hall–Kier alpha value is -1.69. The molecule has 92 valence electrons. The maximum atomic E-state index is 12.2. The Morgan fingerprint density at radius 2 is 2.41 bits per heavy atom. The molecule has 1 atom stereocenters. The molecule has 2 heterocycles. The molecular formula is C11H15N3O3. The van der Waals surface area contributed by atoms with E-state index in [1.165, 1.54) is 19.5 Å². The monoisotopic (exact) mass is 237 g/mol. The topological polar surface area (TPSA) is 64.5 Å². The number of aromatic nitrogens is 2. The molecule has 0 radical (unpaired) electrons. The van der Waals surface area contributed by atoms with E-state index in [4.69, 9.17) is 9.47 Å². The number of ether oxygens (including phenoxy) is 2. The summed E-state index contributed by atoms with van der Waals surface area (Å²) < 4.78 is 10.2. The summed E-state index contributed by atoms with van der Waals surface area (Å²) >= 11 is 0. The molecular weight excluding hydrogens is 222 g/mol. The van der Waals surface area contributed by atoms with E-state index in [0.29, 0.717) is 31.3 Å². The van der Waals surface area contributed by atoms with Crippen molar-refractivity contribution in [2.24, 2.45) is 0 Å². The van der Waals surface area contributed by atoms with Crippen molar-refractivity contribution in [1.29, 1.82) is 0 Å². The maximum Gasteiger partial charge on any atom is 0.274 e. The van der Waals surface area contributed by atoms with Gasteiger partial charge in [0.15, 0.2) is 5.69 Å². The van der Waals surface area contributed by atoms with Gasteiger partial charge in [-0.2, -0.15) is 0 Å². The highest BCUT2D eigenvalue weighted by molar-refractivity contribution is 5.92. The largest absolute Gasteiger partial charge is 0.480 e. The van der Waals surface area contributed by atoms with Crippen molar-refractivity contribution in [2.45, 2.75) is 13.0 Å². The number of rotatable bonds is 2. The van der Waals surface area contributed by atoms with Crippen LogP contribution in [0.25, 0.3) is 0 Å². The third-order valence-electron chi connectivity index (χ3n) is 2.67. The molecule has 0 unspecified atom stereocenters. The van der Waals surface area contributed by atoms with Crippen LogP contribution in [0.2, 0.25) is 0 Å². The first-order valence-corrected chi connectivity index (χ1v) is 5.47. The highest BCUT2D eigenvalue weighted by Gasteiger charge is 2.25. The van der Waals surface area contributed by atoms with Crippen molar-refractivity contribution in [3.05, 3.63) is 18.1 Å². The number of methoxy groups -OCH3 is 1. The minimum absolute atomic E-state index is 0.0595. The Bertz CT molecular complexity index is 411. The second-order valence-corrected chi connectivity index (χ2v) is 3.87. The van der Waals surface area contributed by atoms with Crippen LogP contribution >= 0.6 is 0 Å². The van der Waals surface area contributed by atoms with Gasteiger partial charge in [0.1, 0.15) is 0 Å². The minimum Gasteiger partial charge on any atom is -0.480 e. The van der Waals surface area contributed by atoms with Gasteiger partial charge in [-0.05, 0) is 6.92 Å². The van der Waals surface area contributed by atoms with E-state index < -0.39 is 0 Å². The number of hydrogen-bond donors (Lipinski definition) is 0. The van der Waals surface area contributed by atoms with Crippen LogP contribution in [0.15, 0.2) is 12.4 Å². The summed E-state index contributed by atoms with van der Waals surface area (Å²) in [5.41, 5.74) is 0.304. The molecule has 1 aromatic rings. The molecule has 1 fully saturated rings. The summed E-state index contributed by atoms with van der Waals surface area (Å²) in [6, 6.07) is 0.0595. The first-order valence-electron chi connectivity index (χ1n) is 5.47. The van der Waals surface area contributed by atoms with Gasteiger partial charge in [-0.3, -0.25) is 9.78 Å². The van der Waals surface area contributed by atoms with Gasteiger partial charge in [-0.25, -0.2) is 4.98 Å². The smallest absolute Gasteiger partial charge is 0.274 e. The van der Waals surface area contributed by atoms with Gasteiger partial charge in [-0.1, -0.05) is 0 Å². The Labute approximate surface area is 99.6 Å². The van der Waals surface area contributed by atoms with Crippen LogP contribution in [0.4, 0.5) is 0 Å². The molecule has 0 spiro atoms. The van der Waals surface area contributed by atoms with E-state index in [9.17, 15) is 4.79 Å². The number of amides is 1. The van der Waals surface area contributed by atoms with Crippen LogP contribution < -0.4 is 4.74 Å². The third-order valence-corrected chi connectivity index (χ3v) is 2.67. The lowest BCUT2D eigenvalue weighted by Gasteiger charge is -2.32. The molecule has 0 aliphatic carbocycles. The third kappa shape index (κ3) is 2.52. The predicted octanol–water partition coefficient (Wildman–Crippen LogP) is 0.346. The molecule has 0 aromatic carbocycles. The summed E-state index contributed by atoms with van der Waals surface area (Å²) in [6.45, 7) is 3.65. The summed E-state index contributed by atoms with van der Waals surface area (Å²) in [4.78, 5) is 21.9. The maximum absolute atomic E-state index is 12.2. The van der Waals surface area contributed by atoms with Crippen molar-refractivity contribution >= 4 is 5.91 Å². The van der Waals surface area contributed by atoms with Gasteiger partial charge in [0, 0.05) is 6.54 Å². The van der Waals surface area contributed by atoms with Gasteiger partial charge in [0.25, 0.3) is 5.91 Å². The van der Waals surface area contributed by atoms with Crippen molar-refractivity contribution < 1.29 is 14.3 Å². The molecule has 1 aliphatic rings. The molecule has 1 aliphatic heterocycles. The average Bonchev–Trinajstić information content (AvgIpc) is 2.38. The molecule has 1 amide bonds. The quantitative estimate of drug-likeness (QED) is 0.742. The highest BCUT2D eigenvalue weighted by atomic mass is 16.5. The Morgan fingerprint density at radius 3 is 3.12 bits per heavy atom. The Balaban J connectivity index is 2.17. The standard InChI is InChI=1S/C11H15N3O3/c1-8-7-17-4-3-14(8)11(15)9-5-12-6-10(13-9)16-2/h5-6,8H,3-4,7H2,1-2H3/t8-/m1/s1. The van der Waals surface area contributed by atoms with Crippen LogP contribution in [0.3, 0.4) is 0 Å². The fourth-order valence-corrected chi connectivity index (χ4v) is 1.73. The molecule has 0 saturated carbocycles. The average molecular weight is 237 g/mol. The van der Waals surface area contributed by atoms with Crippen LogP contribution in [-0.4, -0.2) is 53.7 Å². The van der Waals surface area contributed by atoms with Crippen LogP contribution in [0, 0.1) is 0 Å². The lowest BCUT2D eigenvalue weighted by Crippen LogP contribution is -2.47. The molecule has 6 nitrogen and oxygen atoms in total. The first-order chi connectivity index (χ1) is 8.22. The number of carbonyl (C=O) groups is 1. The molecule has 2 rings (SSSR count).